The first-order valence-electron chi connectivity index (χ1n) is 7.10. The highest BCUT2D eigenvalue weighted by molar-refractivity contribution is 6.38. The van der Waals surface area contributed by atoms with Crippen molar-refractivity contribution < 1.29 is 18.7 Å². The van der Waals surface area contributed by atoms with Gasteiger partial charge in [0.2, 0.25) is 5.95 Å². The minimum atomic E-state index is -0.731. The number of nitrogens with zero attached hydrogens (tertiary/aromatic N) is 3. The van der Waals surface area contributed by atoms with E-state index in [1.165, 1.54) is 10.9 Å². The molecule has 1 aliphatic heterocycles. The van der Waals surface area contributed by atoms with E-state index < -0.39 is 11.9 Å². The van der Waals surface area contributed by atoms with E-state index >= 15 is 0 Å². The number of carbonyl (C=O) groups is 1. The second kappa shape index (κ2) is 6.18. The molecule has 22 heavy (non-hydrogen) atoms. The van der Waals surface area contributed by atoms with Crippen molar-refractivity contribution in [1.29, 1.82) is 0 Å². The third kappa shape index (κ3) is 2.55. The number of aromatic nitrogens is 3. The van der Waals surface area contributed by atoms with E-state index in [4.69, 9.17) is 21.1 Å². The molecule has 0 spiro atoms. The Morgan fingerprint density at radius 1 is 1.55 bits per heavy atom. The average molecular weight is 328 g/mol. The van der Waals surface area contributed by atoms with Crippen molar-refractivity contribution in [2.75, 3.05) is 19.8 Å². The highest BCUT2D eigenvalue weighted by Gasteiger charge is 2.25. The molecule has 0 bridgehead atoms. The molecule has 0 atom stereocenters. The van der Waals surface area contributed by atoms with Crippen LogP contribution in [0.25, 0.3) is 11.0 Å². The van der Waals surface area contributed by atoms with Crippen LogP contribution < -0.4 is 0 Å². The molecule has 0 aromatic carbocycles. The van der Waals surface area contributed by atoms with Crippen LogP contribution >= 0.6 is 11.6 Å². The number of fused-ring (bicyclic) bond motifs is 1. The molecule has 0 N–H and O–H groups in total. The number of carbonyl (C=O) groups excluding carboxylic acids is 1. The first-order valence-corrected chi connectivity index (χ1v) is 7.48. The Balaban J connectivity index is 2.08. The lowest BCUT2D eigenvalue weighted by molar-refractivity contribution is 0.0526. The van der Waals surface area contributed by atoms with Gasteiger partial charge in [-0.1, -0.05) is 11.6 Å². The zero-order valence-electron chi connectivity index (χ0n) is 12.0. The average Bonchev–Trinajstić information content (AvgIpc) is 2.86. The molecule has 118 valence electrons. The fourth-order valence-corrected chi connectivity index (χ4v) is 2.85. The quantitative estimate of drug-likeness (QED) is 0.811. The van der Waals surface area contributed by atoms with E-state index in [1.807, 2.05) is 0 Å². The summed E-state index contributed by atoms with van der Waals surface area (Å²) >= 11 is 6.17. The summed E-state index contributed by atoms with van der Waals surface area (Å²) in [6.45, 7) is 3.09. The number of halogens is 2. The lowest BCUT2D eigenvalue weighted by Crippen LogP contribution is -2.20. The molecule has 8 heteroatoms. The van der Waals surface area contributed by atoms with Gasteiger partial charge in [-0.25, -0.2) is 14.5 Å². The van der Waals surface area contributed by atoms with Crippen LogP contribution in [0.5, 0.6) is 0 Å². The maximum atomic E-state index is 14.2. The highest BCUT2D eigenvalue weighted by Crippen LogP contribution is 2.32. The van der Waals surface area contributed by atoms with Crippen LogP contribution in [0.4, 0.5) is 4.39 Å². The van der Waals surface area contributed by atoms with Crippen LogP contribution in [0, 0.1) is 5.95 Å². The number of ether oxygens (including phenoxy) is 2. The Morgan fingerprint density at radius 2 is 2.27 bits per heavy atom. The normalized spacial score (nSPS) is 16.1. The van der Waals surface area contributed by atoms with Gasteiger partial charge >= 0.3 is 5.97 Å². The molecular weight excluding hydrogens is 313 g/mol. The largest absolute Gasteiger partial charge is 0.462 e. The molecule has 1 fully saturated rings. The number of esters is 1. The lowest BCUT2D eigenvalue weighted by Gasteiger charge is -2.22. The molecule has 3 rings (SSSR count). The van der Waals surface area contributed by atoms with E-state index in [0.717, 1.165) is 12.8 Å². The summed E-state index contributed by atoms with van der Waals surface area (Å²) in [4.78, 5) is 16.0. The van der Waals surface area contributed by atoms with E-state index in [9.17, 15) is 9.18 Å². The Bertz CT molecular complexity index is 713. The molecule has 1 saturated heterocycles. The molecule has 1 aliphatic rings. The van der Waals surface area contributed by atoms with Crippen molar-refractivity contribution in [1.82, 2.24) is 14.8 Å². The standard InChI is InChI=1S/C14H15ClFN3O3/c1-2-22-14(20)9-7-17-13-10(11(9)15)12(16)18-19(13)8-3-5-21-6-4-8/h7-8H,2-6H2,1H3. The van der Waals surface area contributed by atoms with Crippen LogP contribution in [-0.4, -0.2) is 40.6 Å². The van der Waals surface area contributed by atoms with E-state index in [2.05, 4.69) is 10.1 Å². The minimum absolute atomic E-state index is 0.0118. The molecule has 0 unspecified atom stereocenters. The van der Waals surface area contributed by atoms with Gasteiger partial charge < -0.3 is 9.47 Å². The molecule has 2 aromatic rings. The molecule has 0 amide bonds. The smallest absolute Gasteiger partial charge is 0.341 e. The van der Waals surface area contributed by atoms with Crippen LogP contribution in [0.2, 0.25) is 5.02 Å². The lowest BCUT2D eigenvalue weighted by atomic mass is 10.1. The van der Waals surface area contributed by atoms with Gasteiger partial charge in [-0.05, 0) is 19.8 Å². The summed E-state index contributed by atoms with van der Waals surface area (Å²) < 4.78 is 25.9. The van der Waals surface area contributed by atoms with Gasteiger partial charge in [0.25, 0.3) is 0 Å². The first kappa shape index (κ1) is 15.2. The van der Waals surface area contributed by atoms with Crippen molar-refractivity contribution >= 4 is 28.6 Å². The van der Waals surface area contributed by atoms with Gasteiger partial charge in [-0.3, -0.25) is 0 Å². The molecule has 3 heterocycles. The molecule has 0 saturated carbocycles. The van der Waals surface area contributed by atoms with Crippen LogP contribution in [0.15, 0.2) is 6.20 Å². The topological polar surface area (TPSA) is 66.2 Å². The van der Waals surface area contributed by atoms with Gasteiger partial charge in [0.15, 0.2) is 5.65 Å². The molecular formula is C14H15ClFN3O3. The summed E-state index contributed by atoms with van der Waals surface area (Å²) in [6.07, 6.45) is 2.77. The summed E-state index contributed by atoms with van der Waals surface area (Å²) in [6, 6.07) is 0.0118. The van der Waals surface area contributed by atoms with E-state index in [-0.39, 0.29) is 28.6 Å². The number of hydrogen-bond acceptors (Lipinski definition) is 5. The Labute approximate surface area is 131 Å². The van der Waals surface area contributed by atoms with Gasteiger partial charge in [0.05, 0.1) is 28.6 Å². The molecule has 0 radical (unpaired) electrons. The fourth-order valence-electron chi connectivity index (χ4n) is 2.56. The SMILES string of the molecule is CCOC(=O)c1cnc2c(c(F)nn2C2CCOCC2)c1Cl. The number of rotatable bonds is 3. The maximum absolute atomic E-state index is 14.2. The Morgan fingerprint density at radius 3 is 2.95 bits per heavy atom. The third-order valence-electron chi connectivity index (χ3n) is 3.65. The zero-order valence-corrected chi connectivity index (χ0v) is 12.8. The maximum Gasteiger partial charge on any atom is 0.341 e. The fraction of sp³-hybridized carbons (Fsp3) is 0.500. The summed E-state index contributed by atoms with van der Waals surface area (Å²) in [5.74, 6) is -1.36. The van der Waals surface area contributed by atoms with Crippen molar-refractivity contribution in [2.24, 2.45) is 0 Å². The molecule has 6 nitrogen and oxygen atoms in total. The van der Waals surface area contributed by atoms with Gasteiger partial charge in [0, 0.05) is 19.4 Å². The van der Waals surface area contributed by atoms with Crippen LogP contribution in [0.3, 0.4) is 0 Å². The second-order valence-electron chi connectivity index (χ2n) is 4.98. The van der Waals surface area contributed by atoms with Gasteiger partial charge in [0.1, 0.15) is 0 Å². The van der Waals surface area contributed by atoms with Crippen LogP contribution in [-0.2, 0) is 9.47 Å². The van der Waals surface area contributed by atoms with Crippen LogP contribution in [0.1, 0.15) is 36.2 Å². The molecule has 2 aromatic heterocycles. The Kier molecular flexibility index (Phi) is 4.26. The van der Waals surface area contributed by atoms with E-state index in [0.29, 0.717) is 18.9 Å². The van der Waals surface area contributed by atoms with Crippen molar-refractivity contribution in [3.05, 3.63) is 22.7 Å². The predicted octanol–water partition coefficient (Wildman–Crippen LogP) is 2.75. The van der Waals surface area contributed by atoms with E-state index in [1.54, 1.807) is 6.92 Å². The highest BCUT2D eigenvalue weighted by atomic mass is 35.5. The monoisotopic (exact) mass is 327 g/mol. The Hall–Kier alpha value is -1.73. The predicted molar refractivity (Wildman–Crippen MR) is 77.5 cm³/mol. The van der Waals surface area contributed by atoms with Gasteiger partial charge in [-0.15, -0.1) is 5.10 Å². The zero-order chi connectivity index (χ0) is 15.7. The van der Waals surface area contributed by atoms with Crippen molar-refractivity contribution in [3.8, 4) is 0 Å². The summed E-state index contributed by atoms with van der Waals surface area (Å²) in [5, 5.41) is 3.96. The van der Waals surface area contributed by atoms with Gasteiger partial charge in [-0.2, -0.15) is 4.39 Å². The van der Waals surface area contributed by atoms with Crippen molar-refractivity contribution in [2.45, 2.75) is 25.8 Å². The number of pyridine rings is 1. The first-order chi connectivity index (χ1) is 10.6. The summed E-state index contributed by atoms with van der Waals surface area (Å²) in [7, 11) is 0. The van der Waals surface area contributed by atoms with Crippen molar-refractivity contribution in [3.63, 3.8) is 0 Å². The summed E-state index contributed by atoms with van der Waals surface area (Å²) in [5.41, 5.74) is 0.379. The molecule has 0 aliphatic carbocycles. The minimum Gasteiger partial charge on any atom is -0.462 e. The second-order valence-corrected chi connectivity index (χ2v) is 5.36. The number of hydrogen-bond donors (Lipinski definition) is 0. The third-order valence-corrected chi connectivity index (χ3v) is 4.04.